The zero-order valence-electron chi connectivity index (χ0n) is 15.4. The van der Waals surface area contributed by atoms with Crippen LogP contribution in [-0.2, 0) is 27.6 Å². The highest BCUT2D eigenvalue weighted by atomic mass is 32.2. The van der Waals surface area contributed by atoms with Crippen LogP contribution in [0.4, 0.5) is 5.13 Å². The maximum absolute atomic E-state index is 13.0. The van der Waals surface area contributed by atoms with Gasteiger partial charge in [-0.15, -0.1) is 11.3 Å². The summed E-state index contributed by atoms with van der Waals surface area (Å²) < 4.78 is 37.9. The first-order valence-electron chi connectivity index (χ1n) is 9.05. The van der Waals surface area contributed by atoms with Gasteiger partial charge in [-0.2, -0.15) is 4.31 Å². The highest BCUT2D eigenvalue weighted by molar-refractivity contribution is 7.89. The van der Waals surface area contributed by atoms with Gasteiger partial charge in [0.05, 0.1) is 26.0 Å². The van der Waals surface area contributed by atoms with Gasteiger partial charge < -0.3 is 9.47 Å². The van der Waals surface area contributed by atoms with E-state index in [1.165, 1.54) is 39.8 Å². The van der Waals surface area contributed by atoms with E-state index in [0.29, 0.717) is 18.3 Å². The minimum absolute atomic E-state index is 0.0221. The molecular weight excluding hydrogens is 402 g/mol. The second kappa shape index (κ2) is 7.78. The summed E-state index contributed by atoms with van der Waals surface area (Å²) >= 11 is 1.48. The highest BCUT2D eigenvalue weighted by Crippen LogP contribution is 2.32. The number of rotatable bonds is 5. The van der Waals surface area contributed by atoms with Crippen LogP contribution < -0.4 is 10.1 Å². The molecular formula is C18H21N3O5S2. The van der Waals surface area contributed by atoms with Gasteiger partial charge in [0, 0.05) is 23.5 Å². The Morgan fingerprint density at radius 3 is 2.79 bits per heavy atom. The second-order valence-electron chi connectivity index (χ2n) is 6.58. The second-order valence-corrected chi connectivity index (χ2v) is 9.57. The van der Waals surface area contributed by atoms with E-state index < -0.39 is 15.9 Å². The predicted molar refractivity (Wildman–Crippen MR) is 105 cm³/mol. The molecule has 1 aromatic carbocycles. The van der Waals surface area contributed by atoms with Crippen molar-refractivity contribution >= 4 is 32.4 Å². The fraction of sp³-hybridized carbons (Fsp3) is 0.444. The lowest BCUT2D eigenvalue weighted by molar-refractivity contribution is 0.0729. The Bertz CT molecular complexity index is 975. The minimum Gasteiger partial charge on any atom is -0.495 e. The van der Waals surface area contributed by atoms with E-state index in [9.17, 15) is 13.2 Å². The van der Waals surface area contributed by atoms with Crippen LogP contribution in [0.1, 0.15) is 27.3 Å². The van der Waals surface area contributed by atoms with Crippen molar-refractivity contribution < 1.29 is 22.7 Å². The van der Waals surface area contributed by atoms with E-state index in [4.69, 9.17) is 9.47 Å². The quantitative estimate of drug-likeness (QED) is 0.789. The van der Waals surface area contributed by atoms with Crippen molar-refractivity contribution in [2.45, 2.75) is 24.2 Å². The standard InChI is InChI=1S/C18H21N3O5S2/c1-25-14-6-5-12(11-16(14)28(23,24)21-7-9-26-10-8-21)17(22)20-18-19-13-3-2-4-15(13)27-18/h5-6,11H,2-4,7-10H2,1H3,(H,19,20,22). The lowest BCUT2D eigenvalue weighted by Crippen LogP contribution is -2.40. The Hall–Kier alpha value is -2.01. The van der Waals surface area contributed by atoms with Crippen LogP contribution >= 0.6 is 11.3 Å². The van der Waals surface area contributed by atoms with Crippen LogP contribution in [0.15, 0.2) is 23.1 Å². The van der Waals surface area contributed by atoms with Gasteiger partial charge in [0.15, 0.2) is 5.13 Å². The summed E-state index contributed by atoms with van der Waals surface area (Å²) in [7, 11) is -2.39. The van der Waals surface area contributed by atoms with Gasteiger partial charge in [0.25, 0.3) is 5.91 Å². The number of sulfonamides is 1. The van der Waals surface area contributed by atoms with E-state index >= 15 is 0 Å². The Labute approximate surface area is 167 Å². The Balaban J connectivity index is 1.61. The molecule has 10 heteroatoms. The Morgan fingerprint density at radius 1 is 1.29 bits per heavy atom. The number of hydrogen-bond donors (Lipinski definition) is 1. The number of aryl methyl sites for hydroxylation is 2. The number of nitrogens with zero attached hydrogens (tertiary/aromatic N) is 2. The first kappa shape index (κ1) is 19.3. The van der Waals surface area contributed by atoms with Gasteiger partial charge >= 0.3 is 0 Å². The third kappa shape index (κ3) is 3.64. The summed E-state index contributed by atoms with van der Waals surface area (Å²) in [6, 6.07) is 4.41. The number of morpholine rings is 1. The summed E-state index contributed by atoms with van der Waals surface area (Å²) in [5.41, 5.74) is 1.29. The molecule has 1 aliphatic carbocycles. The van der Waals surface area contributed by atoms with Crippen LogP contribution in [-0.4, -0.2) is 57.0 Å². The van der Waals surface area contributed by atoms with E-state index in [-0.39, 0.29) is 29.3 Å². The highest BCUT2D eigenvalue weighted by Gasteiger charge is 2.30. The molecule has 0 radical (unpaired) electrons. The summed E-state index contributed by atoms with van der Waals surface area (Å²) in [6.45, 7) is 1.23. The zero-order chi connectivity index (χ0) is 19.7. The topological polar surface area (TPSA) is 97.8 Å². The summed E-state index contributed by atoms with van der Waals surface area (Å²) in [6.07, 6.45) is 3.03. The molecule has 28 heavy (non-hydrogen) atoms. The third-order valence-corrected chi connectivity index (χ3v) is 7.82. The summed E-state index contributed by atoms with van der Waals surface area (Å²) in [5, 5.41) is 3.33. The van der Waals surface area contributed by atoms with Crippen molar-refractivity contribution in [3.05, 3.63) is 34.3 Å². The van der Waals surface area contributed by atoms with Crippen molar-refractivity contribution in [2.24, 2.45) is 0 Å². The largest absolute Gasteiger partial charge is 0.495 e. The molecule has 2 aliphatic rings. The number of hydrogen-bond acceptors (Lipinski definition) is 7. The van der Waals surface area contributed by atoms with Crippen molar-refractivity contribution in [3.63, 3.8) is 0 Å². The van der Waals surface area contributed by atoms with Crippen LogP contribution in [0.3, 0.4) is 0 Å². The number of carbonyl (C=O) groups excluding carboxylic acids is 1. The van der Waals surface area contributed by atoms with Gasteiger partial charge in [0.1, 0.15) is 10.6 Å². The molecule has 150 valence electrons. The molecule has 1 aromatic heterocycles. The van der Waals surface area contributed by atoms with Crippen molar-refractivity contribution in [2.75, 3.05) is 38.7 Å². The number of anilines is 1. The average molecular weight is 424 g/mol. The van der Waals surface area contributed by atoms with E-state index in [0.717, 1.165) is 25.0 Å². The molecule has 0 saturated carbocycles. The SMILES string of the molecule is COc1ccc(C(=O)Nc2nc3c(s2)CCC3)cc1S(=O)(=O)N1CCOCC1. The number of nitrogens with one attached hydrogen (secondary N) is 1. The summed E-state index contributed by atoms with van der Waals surface area (Å²) in [4.78, 5) is 18.3. The van der Waals surface area contributed by atoms with Crippen molar-refractivity contribution in [1.82, 2.24) is 9.29 Å². The molecule has 8 nitrogen and oxygen atoms in total. The molecule has 1 amide bonds. The normalized spacial score (nSPS) is 17.3. The lowest BCUT2D eigenvalue weighted by atomic mass is 10.2. The van der Waals surface area contributed by atoms with Crippen LogP contribution in [0.25, 0.3) is 0 Å². The molecule has 2 aromatic rings. The molecule has 1 fully saturated rings. The monoisotopic (exact) mass is 423 g/mol. The van der Waals surface area contributed by atoms with Crippen molar-refractivity contribution in [3.8, 4) is 5.75 Å². The third-order valence-electron chi connectivity index (χ3n) is 4.83. The number of methoxy groups -OCH3 is 1. The lowest BCUT2D eigenvalue weighted by Gasteiger charge is -2.26. The number of carbonyl (C=O) groups is 1. The number of ether oxygens (including phenoxy) is 2. The number of thiazole rings is 1. The molecule has 4 rings (SSSR count). The Kier molecular flexibility index (Phi) is 5.37. The zero-order valence-corrected chi connectivity index (χ0v) is 17.1. The van der Waals surface area contributed by atoms with Gasteiger partial charge in [-0.05, 0) is 37.5 Å². The maximum Gasteiger partial charge on any atom is 0.257 e. The van der Waals surface area contributed by atoms with Crippen LogP contribution in [0.5, 0.6) is 5.75 Å². The van der Waals surface area contributed by atoms with E-state index in [1.54, 1.807) is 6.07 Å². The molecule has 0 atom stereocenters. The molecule has 2 heterocycles. The fourth-order valence-electron chi connectivity index (χ4n) is 3.36. The smallest absolute Gasteiger partial charge is 0.257 e. The first-order valence-corrected chi connectivity index (χ1v) is 11.3. The van der Waals surface area contributed by atoms with E-state index in [2.05, 4.69) is 10.3 Å². The van der Waals surface area contributed by atoms with Gasteiger partial charge in [-0.3, -0.25) is 10.1 Å². The molecule has 1 N–H and O–H groups in total. The van der Waals surface area contributed by atoms with Gasteiger partial charge in [0.2, 0.25) is 10.0 Å². The molecule has 0 spiro atoms. The molecule has 1 saturated heterocycles. The maximum atomic E-state index is 13.0. The first-order chi connectivity index (χ1) is 13.5. The fourth-order valence-corrected chi connectivity index (χ4v) is 5.99. The van der Waals surface area contributed by atoms with Crippen LogP contribution in [0, 0.1) is 0 Å². The minimum atomic E-state index is -3.80. The number of fused-ring (bicyclic) bond motifs is 1. The van der Waals surface area contributed by atoms with Crippen molar-refractivity contribution in [1.29, 1.82) is 0 Å². The van der Waals surface area contributed by atoms with E-state index in [1.807, 2.05) is 0 Å². The number of benzene rings is 1. The molecule has 1 aliphatic heterocycles. The number of aromatic nitrogens is 1. The van der Waals surface area contributed by atoms with Gasteiger partial charge in [-0.25, -0.2) is 13.4 Å². The van der Waals surface area contributed by atoms with Gasteiger partial charge in [-0.1, -0.05) is 0 Å². The van der Waals surface area contributed by atoms with Crippen LogP contribution in [0.2, 0.25) is 0 Å². The Morgan fingerprint density at radius 2 is 2.07 bits per heavy atom. The number of amides is 1. The molecule has 0 bridgehead atoms. The molecule has 0 unspecified atom stereocenters. The predicted octanol–water partition coefficient (Wildman–Crippen LogP) is 1.91. The summed E-state index contributed by atoms with van der Waals surface area (Å²) in [5.74, 6) is -0.190. The average Bonchev–Trinajstić information content (AvgIpc) is 3.29.